The lowest BCUT2D eigenvalue weighted by Gasteiger charge is -2.69. The number of hydrogen-bond donors (Lipinski definition) is 7. The number of primary amides is 1. The zero-order valence-corrected chi connectivity index (χ0v) is 58.1. The number of ether oxygens (including phenoxy) is 2. The average Bonchev–Trinajstić information content (AvgIpc) is 0.905. The average molecular weight is 1360 g/mol. The number of nitrogens with one attached hydrogen (secondary N) is 5. The second-order valence-electron chi connectivity index (χ2n) is 29.6. The number of imide groups is 1. The Labute approximate surface area is 575 Å². The molecule has 6 aromatic rings. The van der Waals surface area contributed by atoms with Crippen molar-refractivity contribution in [2.75, 3.05) is 74.6 Å². The molecule has 8 N–H and O–H groups in total. The van der Waals surface area contributed by atoms with Gasteiger partial charge in [0.25, 0.3) is 11.8 Å². The number of anilines is 5. The summed E-state index contributed by atoms with van der Waals surface area (Å²) in [4.78, 5) is 102. The molecule has 13 rings (SSSR count). The molecule has 0 radical (unpaired) electrons. The summed E-state index contributed by atoms with van der Waals surface area (Å²) < 4.78 is 17.0. The molecule has 7 heterocycles. The monoisotopic (exact) mass is 1360 g/mol. The lowest BCUT2D eigenvalue weighted by atomic mass is 9.39. The van der Waals surface area contributed by atoms with Crippen LogP contribution in [0.3, 0.4) is 0 Å². The van der Waals surface area contributed by atoms with E-state index in [1.165, 1.54) is 17.7 Å². The normalized spacial score (nSPS) is 22.7. The Kier molecular flexibility index (Phi) is 19.9. The minimum Gasteiger partial charge on any atom is -0.476 e. The molecule has 5 fully saturated rings. The number of fused-ring (bicyclic) bond motifs is 2. The van der Waals surface area contributed by atoms with E-state index in [-0.39, 0.29) is 72.6 Å². The van der Waals surface area contributed by atoms with Gasteiger partial charge >= 0.3 is 12.0 Å². The number of quaternary nitrogens is 1. The van der Waals surface area contributed by atoms with Gasteiger partial charge in [-0.05, 0) is 149 Å². The first-order chi connectivity index (χ1) is 46.8. The number of aromatic nitrogens is 6. The van der Waals surface area contributed by atoms with Crippen LogP contribution in [0.5, 0.6) is 0 Å². The molecule has 26 heteroatoms. The molecule has 7 amide bonds. The van der Waals surface area contributed by atoms with Crippen molar-refractivity contribution in [1.82, 2.24) is 50.8 Å². The molecule has 4 aromatic heterocycles. The molecule has 4 aliphatic carbocycles. The number of nitrogens with zero attached hydrogens (tertiary/aromatic N) is 9. The van der Waals surface area contributed by atoms with Crippen LogP contribution >= 0.6 is 11.3 Å². The Balaban J connectivity index is 0.671. The van der Waals surface area contributed by atoms with Gasteiger partial charge < -0.3 is 56.3 Å². The molecule has 520 valence electrons. The fourth-order valence-corrected chi connectivity index (χ4v) is 18.5. The minimum atomic E-state index is -1.12. The minimum absolute atomic E-state index is 0.00696. The van der Waals surface area contributed by atoms with Gasteiger partial charge in [-0.1, -0.05) is 57.2 Å². The number of benzene rings is 2. The van der Waals surface area contributed by atoms with Crippen LogP contribution in [-0.4, -0.2) is 163 Å². The van der Waals surface area contributed by atoms with Gasteiger partial charge in [0.15, 0.2) is 22.5 Å². The second-order valence-corrected chi connectivity index (χ2v) is 30.6. The van der Waals surface area contributed by atoms with Crippen LogP contribution in [0.15, 0.2) is 72.9 Å². The number of aryl methyl sites for hydroxylation is 1. The Morgan fingerprint density at radius 1 is 0.827 bits per heavy atom. The summed E-state index contributed by atoms with van der Waals surface area (Å²) >= 11 is 1.57. The fraction of sp³-hybridized carbons (Fsp3) is 0.528. The van der Waals surface area contributed by atoms with Gasteiger partial charge in [0.1, 0.15) is 31.0 Å². The largest absolute Gasteiger partial charge is 0.476 e. The number of nitrogens with two attached hydrogens (primary N) is 1. The predicted octanol–water partition coefficient (Wildman–Crippen LogP) is 9.09. The van der Waals surface area contributed by atoms with Crippen molar-refractivity contribution >= 4 is 91.4 Å². The first-order valence-corrected chi connectivity index (χ1v) is 35.3. The molecule has 0 spiro atoms. The number of likely N-dealkylation sites (tertiary alicyclic amines) is 1. The first-order valence-electron chi connectivity index (χ1n) is 34.5. The summed E-state index contributed by atoms with van der Waals surface area (Å²) in [6, 6.07) is 15.1. The van der Waals surface area contributed by atoms with Gasteiger partial charge in [-0.25, -0.2) is 19.6 Å². The van der Waals surface area contributed by atoms with Crippen LogP contribution in [0.1, 0.15) is 143 Å². The molecule has 2 unspecified atom stereocenters. The number of thiazole rings is 1. The van der Waals surface area contributed by atoms with E-state index in [1.54, 1.807) is 25.2 Å². The van der Waals surface area contributed by atoms with Gasteiger partial charge in [-0.3, -0.25) is 33.6 Å². The number of rotatable bonds is 29. The maximum absolute atomic E-state index is 14.0. The molecule has 3 aliphatic heterocycles. The fourth-order valence-electron chi connectivity index (χ4n) is 17.6. The summed E-state index contributed by atoms with van der Waals surface area (Å²) in [5.41, 5.74) is 13.0. The molecule has 25 nitrogen and oxygen atoms in total. The molecular formula is C72H92N15O10S+. The maximum Gasteiger partial charge on any atom is 0.355 e. The summed E-state index contributed by atoms with van der Waals surface area (Å²) in [6.07, 6.45) is 14.7. The highest BCUT2D eigenvalue weighted by molar-refractivity contribution is 7.22. The third-order valence-corrected chi connectivity index (χ3v) is 21.9. The smallest absolute Gasteiger partial charge is 0.355 e. The van der Waals surface area contributed by atoms with Crippen LogP contribution in [0, 0.1) is 42.9 Å². The molecule has 6 atom stereocenters. The Morgan fingerprint density at radius 2 is 1.57 bits per heavy atom. The lowest BCUT2D eigenvalue weighted by molar-refractivity contribution is -0.930. The van der Waals surface area contributed by atoms with Crippen LogP contribution in [0.25, 0.3) is 21.3 Å². The van der Waals surface area contributed by atoms with Crippen molar-refractivity contribution in [2.45, 2.75) is 163 Å². The SMILES string of the molecule is Cc1ccc2nc(Nc3nnc4c(c3C)CCCN4c3ccc(-c4cnn(CC56CC7(OCC[N+]8(Cc9ccc(NC(=O)[C@H](CCCNC(N)=O)NC(=O)[C@@H](NC(=O)CCOCCN%10C(=O)C=CC%10=O)C(C)C)cc9)CCCC8)C[C@](C)(C5)C[C@](C)(C6)C7)c4C)c(C(=O)O)n3)sc2c1. The van der Waals surface area contributed by atoms with E-state index in [1.807, 2.05) is 67.4 Å². The zero-order valence-electron chi connectivity index (χ0n) is 57.3. The van der Waals surface area contributed by atoms with E-state index >= 15 is 0 Å². The summed E-state index contributed by atoms with van der Waals surface area (Å²) in [5, 5.41) is 40.5. The first kappa shape index (κ1) is 69.2. The van der Waals surface area contributed by atoms with Gasteiger partial charge in [-0.15, -0.1) is 10.2 Å². The highest BCUT2D eigenvalue weighted by Gasteiger charge is 2.66. The molecular weight excluding hydrogens is 1270 g/mol. The third kappa shape index (κ3) is 15.3. The summed E-state index contributed by atoms with van der Waals surface area (Å²) in [6.45, 7) is 20.6. The Hall–Kier alpha value is -8.72. The second kappa shape index (κ2) is 28.3. The molecule has 2 aromatic carbocycles. The molecule has 98 heavy (non-hydrogen) atoms. The van der Waals surface area contributed by atoms with E-state index in [0.29, 0.717) is 54.8 Å². The van der Waals surface area contributed by atoms with E-state index in [2.05, 4.69) is 69.3 Å². The number of carbonyl (C=O) groups excluding carboxylic acids is 6. The van der Waals surface area contributed by atoms with Gasteiger partial charge in [0.05, 0.1) is 61.5 Å². The number of carbonyl (C=O) groups is 7. The van der Waals surface area contributed by atoms with Crippen molar-refractivity contribution < 1.29 is 52.6 Å². The van der Waals surface area contributed by atoms with Crippen LogP contribution in [0.4, 0.5) is 33.1 Å². The standard InChI is InChI=1S/C72H91N15O10S/c1-44(2)60(80-57(88)24-31-96-32-27-85-58(89)22-23-59(85)90)65(92)77-54(13-10-25-74-67(73)95)64(91)76-49-17-15-48(16-18-49)36-87(28-8-9-29-87)30-33-97-72-40-69(6)37-70(7,41-72)39-71(38-69,42-72)43-86-47(5)52(35-75-86)51-19-21-56(79-61(51)66(93)94)84-26-11-12-50-46(4)62(82-83-63(50)84)81-68-78-53-20-14-45(3)34-55(53)98-68/h14-23,34-35,44,54,60H,8-13,24-33,36-43H2,1-7H3,(H7-,73,74,76,77,78,80,81,82,88,91,92,93,94,95)/p+1/t54-,60-,69-,70+,71?,72?/m0/s1. The van der Waals surface area contributed by atoms with Gasteiger partial charge in [0.2, 0.25) is 17.7 Å². The number of pyridine rings is 1. The molecule has 4 saturated carbocycles. The topological polar surface area (TPSA) is 320 Å². The van der Waals surface area contributed by atoms with Crippen molar-refractivity contribution in [3.8, 4) is 11.1 Å². The van der Waals surface area contributed by atoms with E-state index in [9.17, 15) is 38.7 Å². The number of urea groups is 1. The van der Waals surface area contributed by atoms with Crippen LogP contribution < -0.4 is 37.2 Å². The number of hydrogen-bond acceptors (Lipinski definition) is 17. The number of carboxylic acids is 1. The van der Waals surface area contributed by atoms with Crippen LogP contribution in [-0.2, 0) is 53.0 Å². The van der Waals surface area contributed by atoms with Crippen molar-refractivity contribution in [3.05, 3.63) is 107 Å². The van der Waals surface area contributed by atoms with Gasteiger partial charge in [-0.2, -0.15) is 5.10 Å². The number of amides is 7. The van der Waals surface area contributed by atoms with Gasteiger partial charge in [0, 0.05) is 90.2 Å². The van der Waals surface area contributed by atoms with Crippen molar-refractivity contribution in [3.63, 3.8) is 0 Å². The highest BCUT2D eigenvalue weighted by atomic mass is 32.1. The van der Waals surface area contributed by atoms with Crippen molar-refractivity contribution in [2.24, 2.45) is 27.9 Å². The highest BCUT2D eigenvalue weighted by Crippen LogP contribution is 2.72. The molecule has 4 bridgehead atoms. The number of aromatic carboxylic acids is 1. The summed E-state index contributed by atoms with van der Waals surface area (Å²) in [5.74, 6) is -1.97. The molecule has 7 aliphatic rings. The van der Waals surface area contributed by atoms with E-state index in [4.69, 9.17) is 35.4 Å². The zero-order chi connectivity index (χ0) is 69.3. The maximum atomic E-state index is 14.0. The van der Waals surface area contributed by atoms with E-state index in [0.717, 1.165) is 143 Å². The Morgan fingerprint density at radius 3 is 2.29 bits per heavy atom. The van der Waals surface area contributed by atoms with Crippen LogP contribution in [0.2, 0.25) is 0 Å². The lowest BCUT2D eigenvalue weighted by Crippen LogP contribution is -2.64. The third-order valence-electron chi connectivity index (χ3n) is 21.0. The van der Waals surface area contributed by atoms with Crippen molar-refractivity contribution in [1.29, 1.82) is 0 Å². The predicted molar refractivity (Wildman–Crippen MR) is 372 cm³/mol. The van der Waals surface area contributed by atoms with E-state index < -0.39 is 53.6 Å². The quantitative estimate of drug-likeness (QED) is 0.0131. The number of carboxylic acid groups (broad SMARTS) is 1. The summed E-state index contributed by atoms with van der Waals surface area (Å²) in [7, 11) is 0. The Bertz CT molecular complexity index is 4050. The molecule has 1 saturated heterocycles.